The first-order valence-electron chi connectivity index (χ1n) is 11.5. The molecule has 1 heterocycles. The molecule has 1 aliphatic rings. The van der Waals surface area contributed by atoms with E-state index in [1.807, 2.05) is 49.4 Å². The predicted molar refractivity (Wildman–Crippen MR) is 133 cm³/mol. The van der Waals surface area contributed by atoms with Crippen LogP contribution in [0.1, 0.15) is 22.8 Å². The number of amides is 1. The molecule has 4 rings (SSSR count). The maximum Gasteiger partial charge on any atom is 0.338 e. The van der Waals surface area contributed by atoms with E-state index in [0.717, 1.165) is 16.5 Å². The highest BCUT2D eigenvalue weighted by molar-refractivity contribution is 7.89. The number of hydrogen-bond donors (Lipinski definition) is 0. The molecule has 0 saturated carbocycles. The number of ether oxygens (including phenoxy) is 2. The van der Waals surface area contributed by atoms with Crippen molar-refractivity contribution in [1.82, 2.24) is 4.31 Å². The van der Waals surface area contributed by atoms with Gasteiger partial charge in [-0.3, -0.25) is 4.79 Å². The molecule has 8 nitrogen and oxygen atoms in total. The van der Waals surface area contributed by atoms with Crippen molar-refractivity contribution in [3.8, 4) is 0 Å². The number of carbonyl (C=O) groups is 2. The zero-order valence-electron chi connectivity index (χ0n) is 19.8. The van der Waals surface area contributed by atoms with Crippen LogP contribution in [0, 0.1) is 6.92 Å². The van der Waals surface area contributed by atoms with Crippen LogP contribution in [0.3, 0.4) is 0 Å². The summed E-state index contributed by atoms with van der Waals surface area (Å²) >= 11 is 0. The Balaban J connectivity index is 1.50. The Hall–Kier alpha value is -3.27. The van der Waals surface area contributed by atoms with Crippen LogP contribution in [0.25, 0.3) is 10.8 Å². The Morgan fingerprint density at radius 2 is 1.74 bits per heavy atom. The summed E-state index contributed by atoms with van der Waals surface area (Å²) in [6.45, 7) is 4.63. The van der Waals surface area contributed by atoms with Gasteiger partial charge >= 0.3 is 5.97 Å². The van der Waals surface area contributed by atoms with Crippen LogP contribution in [-0.4, -0.2) is 64.1 Å². The van der Waals surface area contributed by atoms with E-state index in [-0.39, 0.29) is 29.5 Å². The van der Waals surface area contributed by atoms with Crippen LogP contribution in [0.4, 0.5) is 5.69 Å². The molecule has 0 spiro atoms. The number of sulfonamides is 1. The molecule has 0 atom stereocenters. The normalized spacial score (nSPS) is 14.6. The number of aryl methyl sites for hydroxylation is 1. The Morgan fingerprint density at radius 1 is 1.03 bits per heavy atom. The zero-order valence-corrected chi connectivity index (χ0v) is 20.6. The van der Waals surface area contributed by atoms with E-state index in [4.69, 9.17) is 9.47 Å². The monoisotopic (exact) mass is 496 g/mol. The Bertz CT molecular complexity index is 1340. The van der Waals surface area contributed by atoms with E-state index < -0.39 is 22.6 Å². The van der Waals surface area contributed by atoms with Crippen LogP contribution in [0.5, 0.6) is 0 Å². The maximum absolute atomic E-state index is 13.1. The fourth-order valence-electron chi connectivity index (χ4n) is 4.14. The van der Waals surface area contributed by atoms with Gasteiger partial charge in [-0.2, -0.15) is 4.31 Å². The fourth-order valence-corrected chi connectivity index (χ4v) is 5.80. The highest BCUT2D eigenvalue weighted by Gasteiger charge is 2.29. The van der Waals surface area contributed by atoms with Crippen LogP contribution in [0.2, 0.25) is 0 Å². The largest absolute Gasteiger partial charge is 0.452 e. The fraction of sp³-hybridized carbons (Fsp3) is 0.308. The highest BCUT2D eigenvalue weighted by Crippen LogP contribution is 2.27. The molecule has 3 aromatic carbocycles. The molecule has 0 N–H and O–H groups in total. The molecule has 0 unspecified atom stereocenters. The van der Waals surface area contributed by atoms with Crippen LogP contribution in [-0.2, 0) is 24.3 Å². The molecule has 35 heavy (non-hydrogen) atoms. The first-order chi connectivity index (χ1) is 16.8. The van der Waals surface area contributed by atoms with Crippen molar-refractivity contribution < 1.29 is 27.5 Å². The average molecular weight is 497 g/mol. The number of morpholine rings is 1. The van der Waals surface area contributed by atoms with Crippen LogP contribution < -0.4 is 4.90 Å². The van der Waals surface area contributed by atoms with E-state index >= 15 is 0 Å². The number of rotatable bonds is 7. The minimum atomic E-state index is -3.78. The second kappa shape index (κ2) is 10.6. The van der Waals surface area contributed by atoms with Crippen molar-refractivity contribution >= 4 is 38.4 Å². The topological polar surface area (TPSA) is 93.2 Å². The van der Waals surface area contributed by atoms with Gasteiger partial charge in [-0.1, -0.05) is 42.5 Å². The van der Waals surface area contributed by atoms with Gasteiger partial charge in [-0.15, -0.1) is 0 Å². The van der Waals surface area contributed by atoms with Crippen molar-refractivity contribution in [3.63, 3.8) is 0 Å². The van der Waals surface area contributed by atoms with Gasteiger partial charge in [0.1, 0.15) is 0 Å². The van der Waals surface area contributed by atoms with Crippen molar-refractivity contribution in [2.45, 2.75) is 18.7 Å². The minimum absolute atomic E-state index is 0.0473. The third-order valence-electron chi connectivity index (χ3n) is 6.01. The molecule has 1 aliphatic heterocycles. The molecule has 1 amide bonds. The van der Waals surface area contributed by atoms with Gasteiger partial charge < -0.3 is 14.4 Å². The Morgan fingerprint density at radius 3 is 2.49 bits per heavy atom. The number of carbonyl (C=O) groups excluding carboxylic acids is 2. The first kappa shape index (κ1) is 24.8. The molecule has 0 bridgehead atoms. The van der Waals surface area contributed by atoms with E-state index in [9.17, 15) is 18.0 Å². The summed E-state index contributed by atoms with van der Waals surface area (Å²) in [7, 11) is -3.78. The Labute approximate surface area is 205 Å². The van der Waals surface area contributed by atoms with Gasteiger partial charge in [0.25, 0.3) is 5.91 Å². The number of nitrogens with zero attached hydrogens (tertiary/aromatic N) is 2. The molecule has 184 valence electrons. The number of anilines is 1. The predicted octanol–water partition coefficient (Wildman–Crippen LogP) is 3.38. The summed E-state index contributed by atoms with van der Waals surface area (Å²) in [6, 6.07) is 17.8. The molecule has 0 aliphatic carbocycles. The lowest BCUT2D eigenvalue weighted by atomic mass is 10.1. The van der Waals surface area contributed by atoms with Gasteiger partial charge in [0.05, 0.1) is 29.4 Å². The van der Waals surface area contributed by atoms with Gasteiger partial charge in [0.15, 0.2) is 6.61 Å². The van der Waals surface area contributed by atoms with Gasteiger partial charge in [-0.05, 0) is 43.0 Å². The van der Waals surface area contributed by atoms with Crippen molar-refractivity contribution in [2.24, 2.45) is 0 Å². The lowest BCUT2D eigenvalue weighted by Crippen LogP contribution is -2.40. The van der Waals surface area contributed by atoms with Crippen molar-refractivity contribution in [3.05, 3.63) is 71.8 Å². The SMILES string of the molecule is CCN(C(=O)COC(=O)c1ccc(C)c(S(=O)(=O)N2CCOCC2)c1)c1cccc2ccccc12. The standard InChI is InChI=1S/C26H28N2O6S/c1-3-28(23-10-6-8-20-7-4-5-9-22(20)23)25(29)18-34-26(30)21-12-11-19(2)24(17-21)35(31,32)27-13-15-33-16-14-27/h4-12,17H,3,13-16,18H2,1-2H3. The summed E-state index contributed by atoms with van der Waals surface area (Å²) in [5.74, 6) is -1.13. The summed E-state index contributed by atoms with van der Waals surface area (Å²) in [5, 5.41) is 1.93. The average Bonchev–Trinajstić information content (AvgIpc) is 2.88. The van der Waals surface area contributed by atoms with Gasteiger partial charge in [0, 0.05) is 25.0 Å². The first-order valence-corrected chi connectivity index (χ1v) is 12.9. The maximum atomic E-state index is 13.1. The smallest absolute Gasteiger partial charge is 0.338 e. The van der Waals surface area contributed by atoms with Crippen molar-refractivity contribution in [1.29, 1.82) is 0 Å². The number of esters is 1. The third kappa shape index (κ3) is 5.22. The van der Waals surface area contributed by atoms with Crippen molar-refractivity contribution in [2.75, 3.05) is 44.4 Å². The van der Waals surface area contributed by atoms with Gasteiger partial charge in [-0.25, -0.2) is 13.2 Å². The molecule has 0 aromatic heterocycles. The van der Waals surface area contributed by atoms with E-state index in [0.29, 0.717) is 25.3 Å². The molecule has 9 heteroatoms. The van der Waals surface area contributed by atoms with Crippen LogP contribution >= 0.6 is 0 Å². The molecular formula is C26H28N2O6S. The van der Waals surface area contributed by atoms with E-state index in [1.54, 1.807) is 17.9 Å². The molecule has 0 radical (unpaired) electrons. The summed E-state index contributed by atoms with van der Waals surface area (Å²) in [6.07, 6.45) is 0. The molecule has 1 saturated heterocycles. The summed E-state index contributed by atoms with van der Waals surface area (Å²) in [4.78, 5) is 27.3. The third-order valence-corrected chi connectivity index (χ3v) is 8.05. The lowest BCUT2D eigenvalue weighted by Gasteiger charge is -2.26. The number of likely N-dealkylation sites (N-methyl/N-ethyl adjacent to an activating group) is 1. The second-order valence-corrected chi connectivity index (χ2v) is 10.1. The second-order valence-electron chi connectivity index (χ2n) is 8.21. The van der Waals surface area contributed by atoms with Gasteiger partial charge in [0.2, 0.25) is 10.0 Å². The lowest BCUT2D eigenvalue weighted by molar-refractivity contribution is -0.121. The number of hydrogen-bond acceptors (Lipinski definition) is 6. The number of benzene rings is 3. The Kier molecular flexibility index (Phi) is 7.49. The quantitative estimate of drug-likeness (QED) is 0.466. The van der Waals surface area contributed by atoms with E-state index in [2.05, 4.69) is 0 Å². The minimum Gasteiger partial charge on any atom is -0.452 e. The zero-order chi connectivity index (χ0) is 25.0. The van der Waals surface area contributed by atoms with Crippen LogP contribution in [0.15, 0.2) is 65.6 Å². The molecular weight excluding hydrogens is 468 g/mol. The summed E-state index contributed by atoms with van der Waals surface area (Å²) in [5.41, 5.74) is 1.33. The molecule has 1 fully saturated rings. The highest BCUT2D eigenvalue weighted by atomic mass is 32.2. The molecule has 3 aromatic rings. The van der Waals surface area contributed by atoms with E-state index in [1.165, 1.54) is 16.4 Å². The summed E-state index contributed by atoms with van der Waals surface area (Å²) < 4.78 is 38.1. The number of fused-ring (bicyclic) bond motifs is 1.